The van der Waals surface area contributed by atoms with Crippen LogP contribution in [0, 0.1) is 5.41 Å². The predicted octanol–water partition coefficient (Wildman–Crippen LogP) is 2.82. The highest BCUT2D eigenvalue weighted by Gasteiger charge is 2.28. The zero-order valence-electron chi connectivity index (χ0n) is 15.9. The van der Waals surface area contributed by atoms with E-state index in [4.69, 9.17) is 0 Å². The molecule has 2 rings (SSSR count). The summed E-state index contributed by atoms with van der Waals surface area (Å²) >= 11 is 0. The molecule has 0 aliphatic rings. The van der Waals surface area contributed by atoms with Gasteiger partial charge >= 0.3 is 0 Å². The lowest BCUT2D eigenvalue weighted by molar-refractivity contribution is -0.119. The van der Waals surface area contributed by atoms with Crippen molar-refractivity contribution in [1.29, 1.82) is 0 Å². The molecule has 1 aromatic carbocycles. The molecule has 1 N–H and O–H groups in total. The minimum Gasteiger partial charge on any atom is -0.271 e. The second-order valence-electron chi connectivity index (χ2n) is 6.99. The van der Waals surface area contributed by atoms with Crippen molar-refractivity contribution in [3.63, 3.8) is 0 Å². The van der Waals surface area contributed by atoms with Crippen LogP contribution in [0.3, 0.4) is 0 Å². The molecule has 0 fully saturated rings. The maximum Gasteiger partial charge on any atom is 0.265 e. The number of amides is 1. The number of anilines is 1. The highest BCUT2D eigenvalue weighted by atomic mass is 32.2. The van der Waals surface area contributed by atoms with Crippen molar-refractivity contribution in [2.45, 2.75) is 32.6 Å². The number of rotatable bonds is 6. The molecule has 0 saturated carbocycles. The Morgan fingerprint density at radius 1 is 1.11 bits per heavy atom. The number of benzene rings is 1. The molecule has 2 aromatic rings. The van der Waals surface area contributed by atoms with Crippen LogP contribution in [-0.4, -0.2) is 31.6 Å². The second-order valence-corrected chi connectivity index (χ2v) is 8.86. The largest absolute Gasteiger partial charge is 0.271 e. The standard InChI is InChI=1S/C19H24N4O3S/c1-15(19(2,3)4)21-22-18(24)14-23(17-12-8-9-13-20-17)27(25,26)16-10-6-5-7-11-16/h5-13H,14H2,1-4H3,(H,22,24)/b21-15+. The number of nitrogens with one attached hydrogen (secondary N) is 1. The smallest absolute Gasteiger partial charge is 0.265 e. The van der Waals surface area contributed by atoms with E-state index in [1.807, 2.05) is 20.8 Å². The van der Waals surface area contributed by atoms with Gasteiger partial charge in [0.15, 0.2) is 0 Å². The number of sulfonamides is 1. The minimum absolute atomic E-state index is 0.0813. The molecule has 1 heterocycles. The Hall–Kier alpha value is -2.74. The lowest BCUT2D eigenvalue weighted by Gasteiger charge is -2.23. The summed E-state index contributed by atoms with van der Waals surface area (Å²) < 4.78 is 27.0. The van der Waals surface area contributed by atoms with E-state index in [9.17, 15) is 13.2 Å². The Morgan fingerprint density at radius 2 is 1.74 bits per heavy atom. The molecule has 0 atom stereocenters. The third kappa shape index (κ3) is 5.37. The third-order valence-electron chi connectivity index (χ3n) is 3.96. The fourth-order valence-electron chi connectivity index (χ4n) is 1.99. The summed E-state index contributed by atoms with van der Waals surface area (Å²) in [6.07, 6.45) is 1.47. The Morgan fingerprint density at radius 3 is 2.30 bits per heavy atom. The van der Waals surface area contributed by atoms with Crippen LogP contribution in [0.4, 0.5) is 5.82 Å². The molecule has 0 unspecified atom stereocenters. The number of pyridine rings is 1. The van der Waals surface area contributed by atoms with E-state index >= 15 is 0 Å². The van der Waals surface area contributed by atoms with Gasteiger partial charge in [0.1, 0.15) is 12.4 Å². The average Bonchev–Trinajstić information content (AvgIpc) is 2.64. The maximum absolute atomic E-state index is 13.0. The number of hydrogen-bond acceptors (Lipinski definition) is 5. The summed E-state index contributed by atoms with van der Waals surface area (Å²) in [5, 5.41) is 4.07. The van der Waals surface area contributed by atoms with Gasteiger partial charge in [0, 0.05) is 17.3 Å². The number of aromatic nitrogens is 1. The SMILES string of the molecule is C/C(=N\NC(=O)CN(c1ccccn1)S(=O)(=O)c1ccccc1)C(C)(C)C. The van der Waals surface area contributed by atoms with Gasteiger partial charge in [-0.25, -0.2) is 23.1 Å². The topological polar surface area (TPSA) is 91.7 Å². The first kappa shape index (κ1) is 20.6. The van der Waals surface area contributed by atoms with Gasteiger partial charge in [-0.15, -0.1) is 0 Å². The zero-order valence-corrected chi connectivity index (χ0v) is 16.7. The van der Waals surface area contributed by atoms with Crippen molar-refractivity contribution in [2.75, 3.05) is 10.8 Å². The summed E-state index contributed by atoms with van der Waals surface area (Å²) in [7, 11) is -3.95. The molecule has 0 bridgehead atoms. The maximum atomic E-state index is 13.0. The molecule has 27 heavy (non-hydrogen) atoms. The molecule has 1 aromatic heterocycles. The van der Waals surface area contributed by atoms with E-state index in [-0.39, 0.29) is 16.1 Å². The third-order valence-corrected chi connectivity index (χ3v) is 5.72. The average molecular weight is 388 g/mol. The first-order chi connectivity index (χ1) is 12.6. The molecule has 1 amide bonds. The Labute approximate surface area is 160 Å². The van der Waals surface area contributed by atoms with E-state index in [0.29, 0.717) is 0 Å². The second kappa shape index (κ2) is 8.30. The van der Waals surface area contributed by atoms with Crippen LogP contribution in [0.5, 0.6) is 0 Å². The van der Waals surface area contributed by atoms with Crippen LogP contribution in [0.25, 0.3) is 0 Å². The van der Waals surface area contributed by atoms with Crippen molar-refractivity contribution in [3.05, 3.63) is 54.7 Å². The van der Waals surface area contributed by atoms with Crippen molar-refractivity contribution >= 4 is 27.5 Å². The van der Waals surface area contributed by atoms with Crippen molar-refractivity contribution in [2.24, 2.45) is 10.5 Å². The summed E-state index contributed by atoms with van der Waals surface area (Å²) in [5.41, 5.74) is 2.95. The molecular weight excluding hydrogens is 364 g/mol. The fourth-order valence-corrected chi connectivity index (χ4v) is 3.39. The van der Waals surface area contributed by atoms with Gasteiger partial charge in [-0.3, -0.25) is 4.79 Å². The van der Waals surface area contributed by atoms with Crippen molar-refractivity contribution < 1.29 is 13.2 Å². The van der Waals surface area contributed by atoms with Crippen LogP contribution >= 0.6 is 0 Å². The Bertz CT molecular complexity index is 905. The van der Waals surface area contributed by atoms with Gasteiger partial charge in [0.2, 0.25) is 0 Å². The van der Waals surface area contributed by atoms with Gasteiger partial charge in [0.25, 0.3) is 15.9 Å². The first-order valence-corrected chi connectivity index (χ1v) is 9.89. The van der Waals surface area contributed by atoms with Crippen LogP contribution in [0.2, 0.25) is 0 Å². The molecule has 0 spiro atoms. The van der Waals surface area contributed by atoms with Gasteiger partial charge in [-0.1, -0.05) is 45.0 Å². The molecule has 0 aliphatic carbocycles. The van der Waals surface area contributed by atoms with E-state index in [1.165, 1.54) is 24.4 Å². The molecule has 0 aliphatic heterocycles. The van der Waals surface area contributed by atoms with E-state index < -0.39 is 22.5 Å². The number of carbonyl (C=O) groups excluding carboxylic acids is 1. The van der Waals surface area contributed by atoms with E-state index in [1.54, 1.807) is 37.3 Å². The summed E-state index contributed by atoms with van der Waals surface area (Å²) in [4.78, 5) is 16.6. The highest BCUT2D eigenvalue weighted by molar-refractivity contribution is 7.92. The van der Waals surface area contributed by atoms with Crippen LogP contribution in [0.1, 0.15) is 27.7 Å². The highest BCUT2D eigenvalue weighted by Crippen LogP contribution is 2.21. The van der Waals surface area contributed by atoms with Crippen molar-refractivity contribution in [1.82, 2.24) is 10.4 Å². The van der Waals surface area contributed by atoms with Crippen LogP contribution in [0.15, 0.2) is 64.7 Å². The first-order valence-electron chi connectivity index (χ1n) is 8.45. The summed E-state index contributed by atoms with van der Waals surface area (Å²) in [6, 6.07) is 12.8. The minimum atomic E-state index is -3.95. The Balaban J connectivity index is 2.31. The molecule has 144 valence electrons. The number of hydrogen-bond donors (Lipinski definition) is 1. The van der Waals surface area contributed by atoms with Gasteiger partial charge < -0.3 is 0 Å². The predicted molar refractivity (Wildman–Crippen MR) is 106 cm³/mol. The molecule has 7 nitrogen and oxygen atoms in total. The van der Waals surface area contributed by atoms with Crippen LogP contribution < -0.4 is 9.73 Å². The molecule has 0 radical (unpaired) electrons. The van der Waals surface area contributed by atoms with Gasteiger partial charge in [-0.2, -0.15) is 5.10 Å². The zero-order chi connectivity index (χ0) is 20.1. The summed E-state index contributed by atoms with van der Waals surface area (Å²) in [5.74, 6) is -0.392. The molecular formula is C19H24N4O3S. The lowest BCUT2D eigenvalue weighted by atomic mass is 9.91. The molecule has 8 heteroatoms. The van der Waals surface area contributed by atoms with E-state index in [2.05, 4.69) is 15.5 Å². The number of carbonyl (C=O) groups is 1. The van der Waals surface area contributed by atoms with Gasteiger partial charge in [-0.05, 0) is 31.2 Å². The van der Waals surface area contributed by atoms with Crippen molar-refractivity contribution in [3.8, 4) is 0 Å². The fraction of sp³-hybridized carbons (Fsp3) is 0.316. The number of nitrogens with zero attached hydrogens (tertiary/aromatic N) is 3. The number of hydrazone groups is 1. The van der Waals surface area contributed by atoms with Gasteiger partial charge in [0.05, 0.1) is 4.90 Å². The van der Waals surface area contributed by atoms with E-state index in [0.717, 1.165) is 10.0 Å². The molecule has 0 saturated heterocycles. The quantitative estimate of drug-likeness (QED) is 0.608. The van der Waals surface area contributed by atoms with Crippen LogP contribution in [-0.2, 0) is 14.8 Å². The Kier molecular flexibility index (Phi) is 6.32. The normalized spacial score (nSPS) is 12.5. The monoisotopic (exact) mass is 388 g/mol. The lowest BCUT2D eigenvalue weighted by Crippen LogP contribution is -2.40. The summed E-state index contributed by atoms with van der Waals surface area (Å²) in [6.45, 7) is 7.28.